The number of rotatable bonds is 2. The van der Waals surface area contributed by atoms with Crippen LogP contribution in [0.5, 0.6) is 0 Å². The van der Waals surface area contributed by atoms with Gasteiger partial charge in [0.25, 0.3) is 5.89 Å². The molecule has 20 heavy (non-hydrogen) atoms. The van der Waals surface area contributed by atoms with E-state index in [1.165, 1.54) is 23.1 Å². The van der Waals surface area contributed by atoms with Crippen LogP contribution in [-0.2, 0) is 0 Å². The molecule has 0 radical (unpaired) electrons. The number of hydrogen-bond donors (Lipinski definition) is 1. The minimum absolute atomic E-state index is 0.382. The molecule has 1 aliphatic heterocycles. The monoisotopic (exact) mass is 271 g/mol. The first kappa shape index (κ1) is 13.3. The van der Waals surface area contributed by atoms with Crippen LogP contribution < -0.4 is 5.32 Å². The van der Waals surface area contributed by atoms with Gasteiger partial charge in [0.2, 0.25) is 0 Å². The van der Waals surface area contributed by atoms with Crippen molar-refractivity contribution in [2.24, 2.45) is 0 Å². The topological polar surface area (TPSA) is 51.0 Å². The molecule has 1 unspecified atom stereocenters. The van der Waals surface area contributed by atoms with E-state index in [2.05, 4.69) is 48.4 Å². The Hall–Kier alpha value is -1.68. The van der Waals surface area contributed by atoms with E-state index in [1.54, 1.807) is 0 Å². The van der Waals surface area contributed by atoms with Crippen molar-refractivity contribution in [3.05, 3.63) is 34.6 Å². The molecule has 1 aromatic heterocycles. The summed E-state index contributed by atoms with van der Waals surface area (Å²) in [4.78, 5) is 4.64. The van der Waals surface area contributed by atoms with Gasteiger partial charge in [-0.25, -0.2) is 0 Å². The molecule has 3 rings (SSSR count). The van der Waals surface area contributed by atoms with Gasteiger partial charge in [0, 0.05) is 18.0 Å². The normalized spacial score (nSPS) is 19.2. The lowest BCUT2D eigenvalue weighted by molar-refractivity contribution is 0.393. The molecule has 1 aliphatic rings. The smallest absolute Gasteiger partial charge is 0.258 e. The SMILES string of the molecule is Cc1cc(C)c(-c2nc(C3CCCNC3)no2)c(C)c1. The first-order valence-electron chi connectivity index (χ1n) is 7.27. The Bertz CT molecular complexity index is 589. The van der Waals surface area contributed by atoms with E-state index in [9.17, 15) is 0 Å². The number of aromatic nitrogens is 2. The second-order valence-electron chi connectivity index (χ2n) is 5.77. The minimum Gasteiger partial charge on any atom is -0.334 e. The minimum atomic E-state index is 0.382. The fourth-order valence-electron chi connectivity index (χ4n) is 3.09. The van der Waals surface area contributed by atoms with E-state index in [0.29, 0.717) is 11.8 Å². The molecule has 0 amide bonds. The van der Waals surface area contributed by atoms with Gasteiger partial charge >= 0.3 is 0 Å². The highest BCUT2D eigenvalue weighted by molar-refractivity contribution is 5.63. The number of hydrogen-bond acceptors (Lipinski definition) is 4. The van der Waals surface area contributed by atoms with Gasteiger partial charge in [-0.2, -0.15) is 4.98 Å². The second kappa shape index (κ2) is 5.37. The molecule has 2 heterocycles. The Morgan fingerprint density at radius 1 is 1.20 bits per heavy atom. The second-order valence-corrected chi connectivity index (χ2v) is 5.77. The zero-order valence-corrected chi connectivity index (χ0v) is 12.4. The average molecular weight is 271 g/mol. The van der Waals surface area contributed by atoms with E-state index in [0.717, 1.165) is 30.9 Å². The summed E-state index contributed by atoms with van der Waals surface area (Å²) in [6.45, 7) is 8.35. The van der Waals surface area contributed by atoms with Crippen molar-refractivity contribution in [2.45, 2.75) is 39.5 Å². The van der Waals surface area contributed by atoms with Crippen LogP contribution in [0.3, 0.4) is 0 Å². The summed E-state index contributed by atoms with van der Waals surface area (Å²) in [6.07, 6.45) is 2.31. The van der Waals surface area contributed by atoms with Crippen molar-refractivity contribution in [3.63, 3.8) is 0 Å². The van der Waals surface area contributed by atoms with Crippen molar-refractivity contribution in [2.75, 3.05) is 13.1 Å². The largest absolute Gasteiger partial charge is 0.334 e. The summed E-state index contributed by atoms with van der Waals surface area (Å²) in [6, 6.07) is 4.32. The van der Waals surface area contributed by atoms with Crippen molar-refractivity contribution in [3.8, 4) is 11.5 Å². The molecule has 1 N–H and O–H groups in total. The zero-order valence-electron chi connectivity index (χ0n) is 12.4. The lowest BCUT2D eigenvalue weighted by atomic mass is 9.98. The first-order chi connectivity index (χ1) is 9.65. The van der Waals surface area contributed by atoms with E-state index >= 15 is 0 Å². The standard InChI is InChI=1S/C16H21N3O/c1-10-7-11(2)14(12(3)8-10)16-18-15(19-20-16)13-5-4-6-17-9-13/h7-8,13,17H,4-6,9H2,1-3H3. The van der Waals surface area contributed by atoms with Crippen molar-refractivity contribution < 1.29 is 4.52 Å². The lowest BCUT2D eigenvalue weighted by Gasteiger charge is -2.19. The predicted octanol–water partition coefficient (Wildman–Crippen LogP) is 3.13. The molecule has 4 nitrogen and oxygen atoms in total. The van der Waals surface area contributed by atoms with Crippen molar-refractivity contribution in [1.82, 2.24) is 15.5 Å². The molecule has 1 atom stereocenters. The predicted molar refractivity (Wildman–Crippen MR) is 78.8 cm³/mol. The molecule has 0 bridgehead atoms. The van der Waals surface area contributed by atoms with E-state index in [1.807, 2.05) is 0 Å². The van der Waals surface area contributed by atoms with Gasteiger partial charge in [0.15, 0.2) is 5.82 Å². The molecular weight excluding hydrogens is 250 g/mol. The van der Waals surface area contributed by atoms with Gasteiger partial charge in [0.05, 0.1) is 0 Å². The van der Waals surface area contributed by atoms with E-state index < -0.39 is 0 Å². The average Bonchev–Trinajstić information content (AvgIpc) is 2.88. The number of nitrogens with zero attached hydrogens (tertiary/aromatic N) is 2. The molecule has 0 saturated carbocycles. The highest BCUT2D eigenvalue weighted by Gasteiger charge is 2.22. The van der Waals surface area contributed by atoms with Gasteiger partial charge in [-0.15, -0.1) is 0 Å². The maximum Gasteiger partial charge on any atom is 0.258 e. The summed E-state index contributed by atoms with van der Waals surface area (Å²) in [7, 11) is 0. The molecule has 2 aromatic rings. The highest BCUT2D eigenvalue weighted by Crippen LogP contribution is 2.29. The molecular formula is C16H21N3O. The maximum atomic E-state index is 5.52. The van der Waals surface area contributed by atoms with Crippen molar-refractivity contribution >= 4 is 0 Å². The Labute approximate surface area is 119 Å². The Morgan fingerprint density at radius 3 is 2.60 bits per heavy atom. The van der Waals surface area contributed by atoms with E-state index in [-0.39, 0.29) is 0 Å². The van der Waals surface area contributed by atoms with Crippen LogP contribution in [0.1, 0.15) is 41.3 Å². The molecule has 1 aromatic carbocycles. The lowest BCUT2D eigenvalue weighted by Crippen LogP contribution is -2.28. The van der Waals surface area contributed by atoms with Crippen LogP contribution in [0, 0.1) is 20.8 Å². The van der Waals surface area contributed by atoms with Crippen LogP contribution in [0.4, 0.5) is 0 Å². The number of benzene rings is 1. The number of aryl methyl sites for hydroxylation is 3. The summed E-state index contributed by atoms with van der Waals surface area (Å²) in [5.74, 6) is 1.87. The summed E-state index contributed by atoms with van der Waals surface area (Å²) in [5, 5.41) is 7.59. The molecule has 0 spiro atoms. The van der Waals surface area contributed by atoms with Crippen molar-refractivity contribution in [1.29, 1.82) is 0 Å². The van der Waals surface area contributed by atoms with Crippen LogP contribution in [0.15, 0.2) is 16.7 Å². The highest BCUT2D eigenvalue weighted by atomic mass is 16.5. The van der Waals surface area contributed by atoms with Gasteiger partial charge in [-0.1, -0.05) is 22.9 Å². The fraction of sp³-hybridized carbons (Fsp3) is 0.500. The van der Waals surface area contributed by atoms with Gasteiger partial charge in [-0.3, -0.25) is 0 Å². The number of nitrogens with one attached hydrogen (secondary N) is 1. The first-order valence-corrected chi connectivity index (χ1v) is 7.27. The summed E-state index contributed by atoms with van der Waals surface area (Å²) < 4.78 is 5.52. The molecule has 1 fully saturated rings. The molecule has 4 heteroatoms. The van der Waals surface area contributed by atoms with Gasteiger partial charge < -0.3 is 9.84 Å². The Morgan fingerprint density at radius 2 is 1.95 bits per heavy atom. The Kier molecular flexibility index (Phi) is 3.57. The molecule has 0 aliphatic carbocycles. The van der Waals surface area contributed by atoms with Crippen LogP contribution in [-0.4, -0.2) is 23.2 Å². The molecule has 1 saturated heterocycles. The zero-order chi connectivity index (χ0) is 14.1. The van der Waals surface area contributed by atoms with Crippen LogP contribution in [0.25, 0.3) is 11.5 Å². The van der Waals surface area contributed by atoms with Gasteiger partial charge in [0.1, 0.15) is 0 Å². The van der Waals surface area contributed by atoms with Crippen LogP contribution in [0.2, 0.25) is 0 Å². The third kappa shape index (κ3) is 2.48. The quantitative estimate of drug-likeness (QED) is 0.911. The van der Waals surface area contributed by atoms with Gasteiger partial charge in [-0.05, 0) is 51.3 Å². The summed E-state index contributed by atoms with van der Waals surface area (Å²) in [5.41, 5.74) is 4.73. The Balaban J connectivity index is 1.94. The fourth-order valence-corrected chi connectivity index (χ4v) is 3.09. The maximum absolute atomic E-state index is 5.52. The summed E-state index contributed by atoms with van der Waals surface area (Å²) >= 11 is 0. The molecule has 106 valence electrons. The third-order valence-electron chi connectivity index (χ3n) is 3.99. The van der Waals surface area contributed by atoms with E-state index in [4.69, 9.17) is 4.52 Å². The third-order valence-corrected chi connectivity index (χ3v) is 3.99. The number of piperidine rings is 1. The van der Waals surface area contributed by atoms with Crippen LogP contribution >= 0.6 is 0 Å².